The number of hydrogen-bond acceptors (Lipinski definition) is 8. The Hall–Kier alpha value is -3.83. The number of carbonyl (C=O) groups is 2. The normalized spacial score (nSPS) is 18.9. The van der Waals surface area contributed by atoms with Gasteiger partial charge in [0.15, 0.2) is 10.9 Å². The lowest BCUT2D eigenvalue weighted by Crippen LogP contribution is -2.44. The monoisotopic (exact) mass is 592 g/mol. The van der Waals surface area contributed by atoms with Crippen molar-refractivity contribution in [2.24, 2.45) is 0 Å². The fourth-order valence-corrected chi connectivity index (χ4v) is 6.79. The first-order valence-electron chi connectivity index (χ1n) is 14.3. The Labute approximate surface area is 246 Å². The number of nitrogens with zero attached hydrogens (tertiary/aromatic N) is 3. The molecule has 2 aromatic carbocycles. The van der Waals surface area contributed by atoms with Crippen LogP contribution in [-0.2, 0) is 16.1 Å². The van der Waals surface area contributed by atoms with Crippen LogP contribution in [0.2, 0.25) is 0 Å². The molecule has 4 aromatic rings. The number of aliphatic carboxylic acids is 1. The standard InChI is InChI=1S/C31H33FN4O5S/c1-3-20-14-21(40-16-23-27(22-7-5-4-6-17(22)2)35-41-29(23)18-8-9-18)10-11-36(20)31-34-28-24(32)12-19(13-25(28)42-31)30(39)33-15-26(37)38/h4-7,12-13,18,20-21H,3,8-11,14-16H2,1-2H3,(H,33,39)(H,37,38)/t20-,21+/m0/s1. The predicted octanol–water partition coefficient (Wildman–Crippen LogP) is 6.05. The van der Waals surface area contributed by atoms with Gasteiger partial charge in [-0.1, -0.05) is 47.7 Å². The molecule has 0 unspecified atom stereocenters. The van der Waals surface area contributed by atoms with Gasteiger partial charge in [-0.25, -0.2) is 9.37 Å². The highest BCUT2D eigenvalue weighted by atomic mass is 32.1. The number of carboxylic acid groups (broad SMARTS) is 1. The average Bonchev–Trinajstić information content (AvgIpc) is 3.59. The van der Waals surface area contributed by atoms with Crippen LogP contribution in [0.1, 0.15) is 72.2 Å². The molecule has 3 heterocycles. The van der Waals surface area contributed by atoms with Gasteiger partial charge < -0.3 is 24.6 Å². The molecule has 11 heteroatoms. The summed E-state index contributed by atoms with van der Waals surface area (Å²) in [6, 6.07) is 11.0. The molecule has 1 aliphatic heterocycles. The van der Waals surface area contributed by atoms with Crippen molar-refractivity contribution < 1.29 is 28.3 Å². The second kappa shape index (κ2) is 11.8. The highest BCUT2D eigenvalue weighted by molar-refractivity contribution is 7.22. The number of ether oxygens (including phenoxy) is 1. The van der Waals surface area contributed by atoms with Crippen molar-refractivity contribution in [2.45, 2.75) is 70.6 Å². The van der Waals surface area contributed by atoms with Gasteiger partial charge in [0.25, 0.3) is 5.91 Å². The number of rotatable bonds is 10. The van der Waals surface area contributed by atoms with Gasteiger partial charge in [-0.3, -0.25) is 9.59 Å². The summed E-state index contributed by atoms with van der Waals surface area (Å²) in [5, 5.41) is 16.3. The molecule has 42 heavy (non-hydrogen) atoms. The maximum atomic E-state index is 14.9. The lowest BCUT2D eigenvalue weighted by molar-refractivity contribution is -0.135. The predicted molar refractivity (Wildman–Crippen MR) is 157 cm³/mol. The van der Waals surface area contributed by atoms with Crippen molar-refractivity contribution in [3.05, 3.63) is 64.7 Å². The van der Waals surface area contributed by atoms with Crippen molar-refractivity contribution in [2.75, 3.05) is 18.0 Å². The van der Waals surface area contributed by atoms with Gasteiger partial charge in [0, 0.05) is 35.2 Å². The molecular formula is C31H33FN4O5S. The molecule has 6 rings (SSSR count). The third-order valence-corrected chi connectivity index (χ3v) is 9.15. The van der Waals surface area contributed by atoms with Gasteiger partial charge in [-0.2, -0.15) is 0 Å². The molecule has 9 nitrogen and oxygen atoms in total. The second-order valence-electron chi connectivity index (χ2n) is 11.1. The molecule has 1 saturated heterocycles. The van der Waals surface area contributed by atoms with Gasteiger partial charge in [-0.15, -0.1) is 0 Å². The fourth-order valence-electron chi connectivity index (χ4n) is 5.67. The minimum atomic E-state index is -1.17. The van der Waals surface area contributed by atoms with E-state index in [-0.39, 0.29) is 23.2 Å². The molecule has 0 radical (unpaired) electrons. The number of amides is 1. The van der Waals surface area contributed by atoms with E-state index in [9.17, 15) is 14.0 Å². The Morgan fingerprint density at radius 3 is 2.79 bits per heavy atom. The SMILES string of the molecule is CC[C@H]1C[C@H](OCc2c(-c3ccccc3C)noc2C2CC2)CCN1c1nc2c(F)cc(C(=O)NCC(=O)O)cc2s1. The number of piperidine rings is 1. The Morgan fingerprint density at radius 1 is 1.24 bits per heavy atom. The summed E-state index contributed by atoms with van der Waals surface area (Å²) in [7, 11) is 0. The maximum absolute atomic E-state index is 14.9. The minimum absolute atomic E-state index is 0.0496. The molecule has 2 aliphatic rings. The van der Waals surface area contributed by atoms with Gasteiger partial charge in [0.05, 0.1) is 17.4 Å². The van der Waals surface area contributed by atoms with Crippen LogP contribution in [0.15, 0.2) is 40.9 Å². The Balaban J connectivity index is 1.16. The number of aromatic nitrogens is 2. The van der Waals surface area contributed by atoms with Crippen molar-refractivity contribution in [1.29, 1.82) is 0 Å². The van der Waals surface area contributed by atoms with Crippen LogP contribution in [0.4, 0.5) is 9.52 Å². The van der Waals surface area contributed by atoms with E-state index in [4.69, 9.17) is 14.4 Å². The molecule has 2 atom stereocenters. The van der Waals surface area contributed by atoms with Crippen molar-refractivity contribution in [1.82, 2.24) is 15.5 Å². The molecule has 0 spiro atoms. The number of hydrogen-bond donors (Lipinski definition) is 2. The number of halogens is 1. The van der Waals surface area contributed by atoms with Crippen LogP contribution in [-0.4, -0.2) is 52.4 Å². The van der Waals surface area contributed by atoms with E-state index in [0.717, 1.165) is 66.3 Å². The molecule has 1 amide bonds. The molecule has 2 fully saturated rings. The molecule has 1 saturated carbocycles. The fraction of sp³-hybridized carbons (Fsp3) is 0.419. The highest BCUT2D eigenvalue weighted by Crippen LogP contribution is 2.45. The number of anilines is 1. The zero-order chi connectivity index (χ0) is 29.4. The summed E-state index contributed by atoms with van der Waals surface area (Å²) >= 11 is 1.34. The van der Waals surface area contributed by atoms with Crippen molar-refractivity contribution >= 4 is 38.6 Å². The highest BCUT2D eigenvalue weighted by Gasteiger charge is 2.35. The smallest absolute Gasteiger partial charge is 0.322 e. The maximum Gasteiger partial charge on any atom is 0.322 e. The number of carbonyl (C=O) groups excluding carboxylic acids is 1. The minimum Gasteiger partial charge on any atom is -0.480 e. The van der Waals surface area contributed by atoms with Crippen LogP contribution in [0.5, 0.6) is 0 Å². The van der Waals surface area contributed by atoms with E-state index < -0.39 is 24.2 Å². The van der Waals surface area contributed by atoms with Crippen LogP contribution in [0.25, 0.3) is 21.5 Å². The van der Waals surface area contributed by atoms with Crippen molar-refractivity contribution in [3.63, 3.8) is 0 Å². The molecule has 0 bridgehead atoms. The third-order valence-electron chi connectivity index (χ3n) is 8.11. The van der Waals surface area contributed by atoms with Gasteiger partial charge in [-0.05, 0) is 56.7 Å². The van der Waals surface area contributed by atoms with Crippen LogP contribution >= 0.6 is 11.3 Å². The molecule has 1 aliphatic carbocycles. The van der Waals surface area contributed by atoms with E-state index in [1.165, 1.54) is 11.3 Å². The summed E-state index contributed by atoms with van der Waals surface area (Å²) in [6.45, 7) is 4.82. The van der Waals surface area contributed by atoms with Crippen LogP contribution in [0.3, 0.4) is 0 Å². The molecule has 2 aromatic heterocycles. The number of nitrogens with one attached hydrogen (secondary N) is 1. The zero-order valence-corrected chi connectivity index (χ0v) is 24.4. The number of fused-ring (bicyclic) bond motifs is 1. The van der Waals surface area contributed by atoms with E-state index in [0.29, 0.717) is 28.9 Å². The summed E-state index contributed by atoms with van der Waals surface area (Å²) < 4.78 is 27.9. The topological polar surface area (TPSA) is 118 Å². The van der Waals surface area contributed by atoms with E-state index >= 15 is 0 Å². The summed E-state index contributed by atoms with van der Waals surface area (Å²) in [5.41, 5.74) is 4.41. The number of carboxylic acids is 1. The largest absolute Gasteiger partial charge is 0.480 e. The van der Waals surface area contributed by atoms with Gasteiger partial charge in [0.2, 0.25) is 0 Å². The first kappa shape index (κ1) is 28.3. The van der Waals surface area contributed by atoms with Gasteiger partial charge >= 0.3 is 5.97 Å². The molecule has 220 valence electrons. The summed E-state index contributed by atoms with van der Waals surface area (Å²) in [6.07, 6.45) is 4.75. The Morgan fingerprint density at radius 2 is 2.05 bits per heavy atom. The lowest BCUT2D eigenvalue weighted by atomic mass is 9.97. The summed E-state index contributed by atoms with van der Waals surface area (Å²) in [5.74, 6) is -1.04. The van der Waals surface area contributed by atoms with Crippen LogP contribution in [0, 0.1) is 12.7 Å². The quantitative estimate of drug-likeness (QED) is 0.228. The number of benzene rings is 2. The first-order chi connectivity index (χ1) is 20.3. The van der Waals surface area contributed by atoms with Crippen LogP contribution < -0.4 is 10.2 Å². The number of aryl methyl sites for hydroxylation is 1. The lowest BCUT2D eigenvalue weighted by Gasteiger charge is -2.39. The average molecular weight is 593 g/mol. The number of thiazole rings is 1. The van der Waals surface area contributed by atoms with E-state index in [1.54, 1.807) is 6.07 Å². The van der Waals surface area contributed by atoms with Crippen molar-refractivity contribution in [3.8, 4) is 11.3 Å². The van der Waals surface area contributed by atoms with Gasteiger partial charge in [0.1, 0.15) is 23.5 Å². The zero-order valence-electron chi connectivity index (χ0n) is 23.6. The van der Waals surface area contributed by atoms with E-state index in [2.05, 4.69) is 46.3 Å². The Kier molecular flexibility index (Phi) is 7.96. The third kappa shape index (κ3) is 5.76. The first-order valence-corrected chi connectivity index (χ1v) is 15.2. The molecular weight excluding hydrogens is 559 g/mol. The second-order valence-corrected chi connectivity index (χ2v) is 12.1. The molecule has 2 N–H and O–H groups in total. The summed E-state index contributed by atoms with van der Waals surface area (Å²) in [4.78, 5) is 29.9. The van der Waals surface area contributed by atoms with E-state index in [1.807, 2.05) is 12.1 Å². The Bertz CT molecular complexity index is 1630.